The van der Waals surface area contributed by atoms with E-state index in [1.807, 2.05) is 0 Å². The number of hydrogen-bond acceptors (Lipinski definition) is 4. The molecule has 0 radical (unpaired) electrons. The summed E-state index contributed by atoms with van der Waals surface area (Å²) in [6.45, 7) is 7.25. The number of methoxy groups -OCH3 is 1. The highest BCUT2D eigenvalue weighted by atomic mass is 16.5. The fourth-order valence-corrected chi connectivity index (χ4v) is 2.93. The molecule has 1 aliphatic rings. The number of hydrogen-bond donors (Lipinski definition) is 1. The summed E-state index contributed by atoms with van der Waals surface area (Å²) in [7, 11) is 1.74. The minimum Gasteiger partial charge on any atom is -0.385 e. The van der Waals surface area contributed by atoms with Gasteiger partial charge in [-0.1, -0.05) is 6.92 Å². The van der Waals surface area contributed by atoms with E-state index < -0.39 is 0 Å². The van der Waals surface area contributed by atoms with Crippen molar-refractivity contribution >= 4 is 0 Å². The van der Waals surface area contributed by atoms with E-state index in [4.69, 9.17) is 9.72 Å². The Morgan fingerprint density at radius 1 is 1.35 bits per heavy atom. The summed E-state index contributed by atoms with van der Waals surface area (Å²) in [5.74, 6) is 1.73. The number of ether oxygens (including phenoxy) is 1. The second-order valence-corrected chi connectivity index (χ2v) is 5.66. The van der Waals surface area contributed by atoms with Gasteiger partial charge in [0, 0.05) is 31.5 Å². The van der Waals surface area contributed by atoms with Gasteiger partial charge in [0.2, 0.25) is 0 Å². The second-order valence-electron chi connectivity index (χ2n) is 5.66. The monoisotopic (exact) mass is 277 g/mol. The lowest BCUT2D eigenvalue weighted by Crippen LogP contribution is -2.28. The largest absolute Gasteiger partial charge is 0.385 e. The molecule has 4 heteroatoms. The summed E-state index contributed by atoms with van der Waals surface area (Å²) in [4.78, 5) is 9.46. The Bertz CT molecular complexity index is 434. The lowest BCUT2D eigenvalue weighted by molar-refractivity contribution is 0.194. The molecule has 1 aromatic heterocycles. The molecule has 1 atom stereocenters. The van der Waals surface area contributed by atoms with Crippen molar-refractivity contribution < 1.29 is 4.74 Å². The Morgan fingerprint density at radius 2 is 2.20 bits per heavy atom. The third kappa shape index (κ3) is 4.00. The predicted molar refractivity (Wildman–Crippen MR) is 81.0 cm³/mol. The van der Waals surface area contributed by atoms with Crippen LogP contribution >= 0.6 is 0 Å². The van der Waals surface area contributed by atoms with Crippen molar-refractivity contribution in [3.05, 3.63) is 22.8 Å². The van der Waals surface area contributed by atoms with E-state index >= 15 is 0 Å². The van der Waals surface area contributed by atoms with Crippen molar-refractivity contribution in [3.63, 3.8) is 0 Å². The van der Waals surface area contributed by atoms with Gasteiger partial charge < -0.3 is 10.1 Å². The fourth-order valence-electron chi connectivity index (χ4n) is 2.93. The molecule has 0 amide bonds. The molecule has 0 aliphatic heterocycles. The molecule has 0 bridgehead atoms. The molecule has 1 heterocycles. The van der Waals surface area contributed by atoms with Crippen molar-refractivity contribution in [2.45, 2.75) is 46.0 Å². The zero-order valence-corrected chi connectivity index (χ0v) is 13.0. The number of nitrogens with zero attached hydrogens (tertiary/aromatic N) is 2. The van der Waals surface area contributed by atoms with Crippen LogP contribution in [-0.2, 0) is 24.0 Å². The Kier molecular flexibility index (Phi) is 5.92. The highest BCUT2D eigenvalue weighted by Crippen LogP contribution is 2.26. The van der Waals surface area contributed by atoms with Gasteiger partial charge in [0.15, 0.2) is 0 Å². The Balaban J connectivity index is 2.03. The maximum absolute atomic E-state index is 5.10. The van der Waals surface area contributed by atoms with Gasteiger partial charge in [-0.05, 0) is 57.2 Å². The van der Waals surface area contributed by atoms with Crippen LogP contribution in [0.5, 0.6) is 0 Å². The van der Waals surface area contributed by atoms with Gasteiger partial charge in [-0.3, -0.25) is 0 Å². The van der Waals surface area contributed by atoms with Crippen LogP contribution in [0.3, 0.4) is 0 Å². The smallest absolute Gasteiger partial charge is 0.128 e. The van der Waals surface area contributed by atoms with Gasteiger partial charge in [0.1, 0.15) is 5.82 Å². The van der Waals surface area contributed by atoms with Crippen molar-refractivity contribution in [1.29, 1.82) is 0 Å². The van der Waals surface area contributed by atoms with E-state index in [1.54, 1.807) is 7.11 Å². The third-order valence-corrected chi connectivity index (χ3v) is 4.06. The van der Waals surface area contributed by atoms with E-state index in [0.29, 0.717) is 0 Å². The summed E-state index contributed by atoms with van der Waals surface area (Å²) in [5.41, 5.74) is 3.87. The van der Waals surface area contributed by atoms with Crippen molar-refractivity contribution in [3.8, 4) is 0 Å². The van der Waals surface area contributed by atoms with E-state index in [0.717, 1.165) is 57.1 Å². The molecule has 1 unspecified atom stereocenters. The standard InChI is InChI=1S/C16H27N3O/c1-4-17-11-13-7-8-15-14(10-13)12(2)18-16(19-15)6-5-9-20-3/h13,17H,4-11H2,1-3H3. The molecule has 4 nitrogen and oxygen atoms in total. The number of fused-ring (bicyclic) bond motifs is 1. The van der Waals surface area contributed by atoms with Crippen LogP contribution in [0.1, 0.15) is 42.5 Å². The van der Waals surface area contributed by atoms with E-state index in [2.05, 4.69) is 24.1 Å². The first-order chi connectivity index (χ1) is 9.74. The predicted octanol–water partition coefficient (Wildman–Crippen LogP) is 2.08. The van der Waals surface area contributed by atoms with Crippen molar-refractivity contribution in [2.75, 3.05) is 26.8 Å². The molecule has 0 fully saturated rings. The van der Waals surface area contributed by atoms with Gasteiger partial charge in [-0.25, -0.2) is 9.97 Å². The van der Waals surface area contributed by atoms with Gasteiger partial charge >= 0.3 is 0 Å². The summed E-state index contributed by atoms with van der Waals surface area (Å²) < 4.78 is 5.10. The summed E-state index contributed by atoms with van der Waals surface area (Å²) in [5, 5.41) is 3.46. The molecule has 20 heavy (non-hydrogen) atoms. The zero-order chi connectivity index (χ0) is 14.4. The van der Waals surface area contributed by atoms with Crippen LogP contribution in [0.2, 0.25) is 0 Å². The van der Waals surface area contributed by atoms with Crippen molar-refractivity contribution in [2.24, 2.45) is 5.92 Å². The van der Waals surface area contributed by atoms with Gasteiger partial charge in [0.25, 0.3) is 0 Å². The minimum atomic E-state index is 0.740. The average Bonchev–Trinajstić information content (AvgIpc) is 2.46. The Labute approximate surface area is 122 Å². The summed E-state index contributed by atoms with van der Waals surface area (Å²) in [6, 6.07) is 0. The molecular formula is C16H27N3O. The SMILES string of the molecule is CCNCC1CCc2nc(CCCOC)nc(C)c2C1. The topological polar surface area (TPSA) is 47.0 Å². The van der Waals surface area contributed by atoms with Gasteiger partial charge in [0.05, 0.1) is 0 Å². The molecule has 0 aromatic carbocycles. The zero-order valence-electron chi connectivity index (χ0n) is 13.0. The van der Waals surface area contributed by atoms with Gasteiger partial charge in [-0.15, -0.1) is 0 Å². The third-order valence-electron chi connectivity index (χ3n) is 4.06. The molecule has 2 rings (SSSR count). The van der Waals surface area contributed by atoms with Crippen LogP contribution in [-0.4, -0.2) is 36.8 Å². The first kappa shape index (κ1) is 15.4. The lowest BCUT2D eigenvalue weighted by atomic mass is 9.85. The molecular weight excluding hydrogens is 250 g/mol. The quantitative estimate of drug-likeness (QED) is 0.775. The highest BCUT2D eigenvalue weighted by molar-refractivity contribution is 5.28. The number of rotatable bonds is 7. The highest BCUT2D eigenvalue weighted by Gasteiger charge is 2.22. The van der Waals surface area contributed by atoms with Crippen LogP contribution in [0.15, 0.2) is 0 Å². The Morgan fingerprint density at radius 3 is 2.95 bits per heavy atom. The van der Waals surface area contributed by atoms with Crippen LogP contribution in [0, 0.1) is 12.8 Å². The second kappa shape index (κ2) is 7.70. The minimum absolute atomic E-state index is 0.740. The molecule has 1 aromatic rings. The maximum Gasteiger partial charge on any atom is 0.128 e. The normalized spacial score (nSPS) is 18.1. The molecule has 0 saturated carbocycles. The van der Waals surface area contributed by atoms with Crippen LogP contribution in [0.25, 0.3) is 0 Å². The molecule has 0 spiro atoms. The number of aromatic nitrogens is 2. The maximum atomic E-state index is 5.10. The van der Waals surface area contributed by atoms with Gasteiger partial charge in [-0.2, -0.15) is 0 Å². The van der Waals surface area contributed by atoms with Crippen LogP contribution in [0.4, 0.5) is 0 Å². The van der Waals surface area contributed by atoms with E-state index in [1.165, 1.54) is 23.4 Å². The van der Waals surface area contributed by atoms with E-state index in [-0.39, 0.29) is 0 Å². The average molecular weight is 277 g/mol. The number of nitrogens with one attached hydrogen (secondary N) is 1. The fraction of sp³-hybridized carbons (Fsp3) is 0.750. The summed E-state index contributed by atoms with van der Waals surface area (Å²) >= 11 is 0. The van der Waals surface area contributed by atoms with E-state index in [9.17, 15) is 0 Å². The molecule has 1 aliphatic carbocycles. The molecule has 1 N–H and O–H groups in total. The van der Waals surface area contributed by atoms with Crippen LogP contribution < -0.4 is 5.32 Å². The number of aryl methyl sites for hydroxylation is 3. The lowest BCUT2D eigenvalue weighted by Gasteiger charge is -2.25. The summed E-state index contributed by atoms with van der Waals surface area (Å²) in [6.07, 6.45) is 5.40. The van der Waals surface area contributed by atoms with Crippen molar-refractivity contribution in [1.82, 2.24) is 15.3 Å². The molecule has 0 saturated heterocycles. The first-order valence-corrected chi connectivity index (χ1v) is 7.79. The Hall–Kier alpha value is -1.00. The first-order valence-electron chi connectivity index (χ1n) is 7.79. The molecule has 112 valence electrons.